The van der Waals surface area contributed by atoms with Crippen molar-refractivity contribution in [2.24, 2.45) is 0 Å². The Balaban J connectivity index is 0.000000968. The van der Waals surface area contributed by atoms with Crippen molar-refractivity contribution in [3.8, 4) is 28.6 Å². The molecule has 3 aromatic carbocycles. The predicted molar refractivity (Wildman–Crippen MR) is 200 cm³/mol. The van der Waals surface area contributed by atoms with Crippen LogP contribution in [0.5, 0.6) is 17.2 Å². The van der Waals surface area contributed by atoms with Crippen LogP contribution in [0.1, 0.15) is 93.9 Å². The highest BCUT2D eigenvalue weighted by atomic mass is 16.7. The molecule has 48 heavy (non-hydrogen) atoms. The molecule has 0 spiro atoms. The van der Waals surface area contributed by atoms with Crippen molar-refractivity contribution in [2.45, 2.75) is 99.8 Å². The molecule has 0 saturated carbocycles. The summed E-state index contributed by atoms with van der Waals surface area (Å²) >= 11 is 0. The van der Waals surface area contributed by atoms with Crippen LogP contribution in [0.15, 0.2) is 79.4 Å². The van der Waals surface area contributed by atoms with Crippen LogP contribution in [0.25, 0.3) is 17.0 Å². The summed E-state index contributed by atoms with van der Waals surface area (Å²) in [5.74, 6) is 3.55. The van der Waals surface area contributed by atoms with Gasteiger partial charge in [-0.15, -0.1) is 0 Å². The van der Waals surface area contributed by atoms with E-state index in [2.05, 4.69) is 117 Å². The summed E-state index contributed by atoms with van der Waals surface area (Å²) in [6.07, 6.45) is 9.72. The molecule has 0 aliphatic carbocycles. The van der Waals surface area contributed by atoms with Crippen LogP contribution in [0.4, 0.5) is 0 Å². The van der Waals surface area contributed by atoms with E-state index in [1.165, 1.54) is 27.9 Å². The number of ether oxygens (including phenoxy) is 3. The Hall–Kier alpha value is -4.29. The summed E-state index contributed by atoms with van der Waals surface area (Å²) < 4.78 is 19.3. The number of hydrogen-bond donors (Lipinski definition) is 0. The lowest BCUT2D eigenvalue weighted by atomic mass is 10.1. The molecule has 0 radical (unpaired) electrons. The number of imidazole rings is 1. The molecule has 0 N–H and O–H groups in total. The van der Waals surface area contributed by atoms with E-state index in [4.69, 9.17) is 19.2 Å². The molecule has 256 valence electrons. The summed E-state index contributed by atoms with van der Waals surface area (Å²) in [7, 11) is 1.72. The molecule has 1 aromatic heterocycles. The normalized spacial score (nSPS) is 12.0. The van der Waals surface area contributed by atoms with Crippen molar-refractivity contribution < 1.29 is 14.2 Å². The Morgan fingerprint density at radius 2 is 1.69 bits per heavy atom. The van der Waals surface area contributed by atoms with Crippen molar-refractivity contribution in [3.05, 3.63) is 113 Å². The lowest BCUT2D eigenvalue weighted by Crippen LogP contribution is -2.25. The zero-order chi connectivity index (χ0) is 34.5. The Morgan fingerprint density at radius 3 is 2.33 bits per heavy atom. The largest absolute Gasteiger partial charge is 0.496 e. The molecule has 0 fully saturated rings. The first-order chi connectivity index (χ1) is 23.3. The fraction of sp³-hybridized carbons (Fsp3) is 0.405. The summed E-state index contributed by atoms with van der Waals surface area (Å²) in [6, 6.07) is 21.6. The zero-order valence-corrected chi connectivity index (χ0v) is 30.3. The van der Waals surface area contributed by atoms with Crippen molar-refractivity contribution in [3.63, 3.8) is 0 Å². The van der Waals surface area contributed by atoms with E-state index in [9.17, 15) is 0 Å². The third-order valence-electron chi connectivity index (χ3n) is 8.49. The molecule has 2 heterocycles. The lowest BCUT2D eigenvalue weighted by Gasteiger charge is -2.25. The van der Waals surface area contributed by atoms with Gasteiger partial charge in [0.05, 0.1) is 18.5 Å². The van der Waals surface area contributed by atoms with Crippen molar-refractivity contribution in [2.75, 3.05) is 13.9 Å². The molecular weight excluding hydrogens is 594 g/mol. The molecule has 0 saturated heterocycles. The van der Waals surface area contributed by atoms with Gasteiger partial charge in [-0.05, 0) is 92.1 Å². The maximum absolute atomic E-state index is 5.71. The van der Waals surface area contributed by atoms with Gasteiger partial charge < -0.3 is 18.8 Å². The molecule has 4 aromatic rings. The van der Waals surface area contributed by atoms with Crippen LogP contribution in [-0.2, 0) is 32.6 Å². The summed E-state index contributed by atoms with van der Waals surface area (Å²) in [6.45, 7) is 20.6. The fourth-order valence-electron chi connectivity index (χ4n) is 6.13. The predicted octanol–water partition coefficient (Wildman–Crippen LogP) is 10.6. The Kier molecular flexibility index (Phi) is 13.9. The number of nitrogens with zero attached hydrogens (tertiary/aromatic N) is 3. The molecule has 0 bridgehead atoms. The number of methoxy groups -OCH3 is 1. The average molecular weight is 650 g/mol. The van der Waals surface area contributed by atoms with Gasteiger partial charge in [0.25, 0.3) is 0 Å². The second-order valence-electron chi connectivity index (χ2n) is 12.6. The minimum absolute atomic E-state index is 0.272. The van der Waals surface area contributed by atoms with Gasteiger partial charge >= 0.3 is 0 Å². The maximum atomic E-state index is 5.71. The van der Waals surface area contributed by atoms with E-state index in [1.54, 1.807) is 7.11 Å². The number of aryl methyl sites for hydroxylation is 2. The molecule has 1 aliphatic rings. The van der Waals surface area contributed by atoms with E-state index < -0.39 is 0 Å². The Bertz CT molecular complexity index is 1670. The highest BCUT2D eigenvalue weighted by Crippen LogP contribution is 2.34. The first kappa shape index (κ1) is 36.5. The van der Waals surface area contributed by atoms with Gasteiger partial charge in [0.1, 0.15) is 11.6 Å². The molecule has 1 aliphatic heterocycles. The number of benzene rings is 3. The van der Waals surface area contributed by atoms with Gasteiger partial charge in [0, 0.05) is 31.7 Å². The standard InChI is InChI=1S/C37H45N3O3.C5H10/c1-7-9-18-40-32(36(26(3)4)38-37(40)31-13-10-12-28(20-31)11-8-2)24-39(22-29-14-16-33(41-6)27(5)19-29)23-30-15-17-34-35(21-30)43-25-42-34;1-3-5-4-2/h10,12-17,19-21H,3,7-9,11,18,22-25H2,1-2,4-6H3;3,5H,4H2,1-2H3/b;5-3-. The quantitative estimate of drug-likeness (QED) is 0.120. The van der Waals surface area contributed by atoms with Crippen LogP contribution < -0.4 is 14.2 Å². The van der Waals surface area contributed by atoms with Gasteiger partial charge in [-0.3, -0.25) is 4.90 Å². The molecule has 0 amide bonds. The molecule has 5 rings (SSSR count). The zero-order valence-electron chi connectivity index (χ0n) is 30.3. The Labute approximate surface area is 289 Å². The van der Waals surface area contributed by atoms with Gasteiger partial charge in [0.15, 0.2) is 11.5 Å². The SMILES string of the molecule is C/C=C\CC.C=C(C)c1nc(-c2cccc(CCC)c2)n(CCCC)c1CN(Cc1ccc(OC)c(C)c1)Cc1ccc2c(c1)OCO2. The number of unbranched alkanes of at least 4 members (excludes halogenated alkanes) is 1. The number of hydrogen-bond acceptors (Lipinski definition) is 5. The van der Waals surface area contributed by atoms with Crippen LogP contribution in [0.3, 0.4) is 0 Å². The highest BCUT2D eigenvalue weighted by Gasteiger charge is 2.23. The summed E-state index contributed by atoms with van der Waals surface area (Å²) in [5.41, 5.74) is 9.26. The van der Waals surface area contributed by atoms with E-state index in [0.29, 0.717) is 0 Å². The summed E-state index contributed by atoms with van der Waals surface area (Å²) in [4.78, 5) is 7.76. The van der Waals surface area contributed by atoms with Crippen molar-refractivity contribution in [1.82, 2.24) is 14.5 Å². The first-order valence-electron chi connectivity index (χ1n) is 17.5. The van der Waals surface area contributed by atoms with Crippen LogP contribution >= 0.6 is 0 Å². The van der Waals surface area contributed by atoms with E-state index in [0.717, 1.165) is 98.2 Å². The smallest absolute Gasteiger partial charge is 0.231 e. The molecule has 6 nitrogen and oxygen atoms in total. The maximum Gasteiger partial charge on any atom is 0.231 e. The number of allylic oxidation sites excluding steroid dienone is 3. The number of fused-ring (bicyclic) bond motifs is 1. The molecular formula is C42H55N3O3. The second kappa shape index (κ2) is 18.3. The van der Waals surface area contributed by atoms with Crippen molar-refractivity contribution >= 4 is 5.57 Å². The first-order valence-corrected chi connectivity index (χ1v) is 17.5. The minimum atomic E-state index is 0.272. The van der Waals surface area contributed by atoms with Gasteiger partial charge in [-0.1, -0.05) is 88.7 Å². The second-order valence-corrected chi connectivity index (χ2v) is 12.6. The third-order valence-corrected chi connectivity index (χ3v) is 8.49. The van der Waals surface area contributed by atoms with E-state index >= 15 is 0 Å². The molecule has 0 unspecified atom stereocenters. The van der Waals surface area contributed by atoms with E-state index in [-0.39, 0.29) is 6.79 Å². The monoisotopic (exact) mass is 649 g/mol. The van der Waals surface area contributed by atoms with Gasteiger partial charge in [-0.2, -0.15) is 0 Å². The van der Waals surface area contributed by atoms with Crippen molar-refractivity contribution in [1.29, 1.82) is 0 Å². The number of rotatable bonds is 15. The van der Waals surface area contributed by atoms with Crippen LogP contribution in [0.2, 0.25) is 0 Å². The highest BCUT2D eigenvalue weighted by molar-refractivity contribution is 5.66. The average Bonchev–Trinajstić information content (AvgIpc) is 3.69. The van der Waals surface area contributed by atoms with E-state index in [1.807, 2.05) is 13.0 Å². The van der Waals surface area contributed by atoms with Gasteiger partial charge in [-0.25, -0.2) is 4.98 Å². The summed E-state index contributed by atoms with van der Waals surface area (Å²) in [5, 5.41) is 0. The Morgan fingerprint density at radius 1 is 0.938 bits per heavy atom. The molecule has 6 heteroatoms. The van der Waals surface area contributed by atoms with Gasteiger partial charge in [0.2, 0.25) is 6.79 Å². The minimum Gasteiger partial charge on any atom is -0.496 e. The number of aromatic nitrogens is 2. The van der Waals surface area contributed by atoms with Crippen LogP contribution in [-0.4, -0.2) is 28.4 Å². The molecule has 0 atom stereocenters. The topological polar surface area (TPSA) is 48.8 Å². The third kappa shape index (κ3) is 9.63. The lowest BCUT2D eigenvalue weighted by molar-refractivity contribution is 0.174. The van der Waals surface area contributed by atoms with Crippen LogP contribution in [0, 0.1) is 6.92 Å². The fourth-order valence-corrected chi connectivity index (χ4v) is 6.13.